The molecule has 1 nitrogen and oxygen atoms in total. The van der Waals surface area contributed by atoms with Crippen LogP contribution in [0, 0.1) is 0 Å². The van der Waals surface area contributed by atoms with Gasteiger partial charge >= 0.3 is 0 Å². The van der Waals surface area contributed by atoms with Gasteiger partial charge in [-0.25, -0.2) is 0 Å². The largest absolute Gasteiger partial charge is 0.310 e. The lowest BCUT2D eigenvalue weighted by Gasteiger charge is -2.31. The van der Waals surface area contributed by atoms with Crippen LogP contribution in [0.15, 0.2) is 152 Å². The third-order valence-electron chi connectivity index (χ3n) is 11.6. The molecule has 8 aromatic rings. The van der Waals surface area contributed by atoms with E-state index in [1.165, 1.54) is 93.9 Å². The van der Waals surface area contributed by atoms with Crippen molar-refractivity contribution in [3.63, 3.8) is 0 Å². The van der Waals surface area contributed by atoms with Crippen LogP contribution in [-0.4, -0.2) is 0 Å². The number of rotatable bonds is 3. The molecule has 0 fully saturated rings. The van der Waals surface area contributed by atoms with Crippen LogP contribution in [0.4, 0.5) is 17.1 Å². The number of anilines is 3. The molecule has 0 amide bonds. The number of fused-ring (bicyclic) bond motifs is 11. The Hall–Kier alpha value is -5.66. The first-order chi connectivity index (χ1) is 23.8. The zero-order valence-corrected chi connectivity index (χ0v) is 28.4. The molecule has 0 unspecified atom stereocenters. The van der Waals surface area contributed by atoms with Crippen molar-refractivity contribution in [1.82, 2.24) is 0 Å². The van der Waals surface area contributed by atoms with Crippen LogP contribution in [0.25, 0.3) is 54.6 Å². The first-order valence-corrected chi connectivity index (χ1v) is 17.4. The summed E-state index contributed by atoms with van der Waals surface area (Å²) >= 11 is 0. The predicted octanol–water partition coefficient (Wildman–Crippen LogP) is 13.2. The van der Waals surface area contributed by atoms with Gasteiger partial charge in [0.1, 0.15) is 0 Å². The summed E-state index contributed by atoms with van der Waals surface area (Å²) in [4.78, 5) is 2.52. The number of hydrogen-bond donors (Lipinski definition) is 0. The Balaban J connectivity index is 1.27. The fourth-order valence-corrected chi connectivity index (χ4v) is 9.13. The minimum absolute atomic E-state index is 0.0977. The molecule has 2 aliphatic carbocycles. The van der Waals surface area contributed by atoms with Gasteiger partial charge in [-0.2, -0.15) is 0 Å². The van der Waals surface area contributed by atoms with Gasteiger partial charge in [0.05, 0.1) is 5.69 Å². The van der Waals surface area contributed by atoms with E-state index in [0.29, 0.717) is 0 Å². The normalized spacial score (nSPS) is 14.9. The van der Waals surface area contributed by atoms with Crippen molar-refractivity contribution in [3.05, 3.63) is 174 Å². The summed E-state index contributed by atoms with van der Waals surface area (Å²) in [6.45, 7) is 9.49. The molecule has 8 aromatic carbocycles. The summed E-state index contributed by atoms with van der Waals surface area (Å²) in [7, 11) is 0. The molecule has 49 heavy (non-hydrogen) atoms. The van der Waals surface area contributed by atoms with Crippen molar-refractivity contribution < 1.29 is 0 Å². The van der Waals surface area contributed by atoms with Gasteiger partial charge in [-0.1, -0.05) is 149 Å². The Morgan fingerprint density at radius 3 is 1.53 bits per heavy atom. The first-order valence-electron chi connectivity index (χ1n) is 17.4. The van der Waals surface area contributed by atoms with E-state index in [-0.39, 0.29) is 10.8 Å². The second-order valence-electron chi connectivity index (χ2n) is 15.0. The highest BCUT2D eigenvalue weighted by atomic mass is 15.1. The van der Waals surface area contributed by atoms with Crippen LogP contribution in [0.3, 0.4) is 0 Å². The van der Waals surface area contributed by atoms with Gasteiger partial charge < -0.3 is 4.90 Å². The molecule has 2 aliphatic rings. The SMILES string of the molecule is CC1(C)c2ccccc2-c2ccc(N(c3ccc4c(c3)C(C)(C)c3ccccc3-4)c3cccc4ccc5c6ccccc6ccc5c34)cc21. The molecular weight excluding hydrogens is 591 g/mol. The maximum atomic E-state index is 2.52. The third-order valence-corrected chi connectivity index (χ3v) is 11.6. The van der Waals surface area contributed by atoms with E-state index in [9.17, 15) is 0 Å². The van der Waals surface area contributed by atoms with Gasteiger partial charge in [0.25, 0.3) is 0 Å². The van der Waals surface area contributed by atoms with Gasteiger partial charge in [0.2, 0.25) is 0 Å². The van der Waals surface area contributed by atoms with Crippen LogP contribution in [0.1, 0.15) is 49.9 Å². The summed E-state index contributed by atoms with van der Waals surface area (Å²) in [5.74, 6) is 0. The molecule has 0 aromatic heterocycles. The van der Waals surface area contributed by atoms with Crippen LogP contribution in [-0.2, 0) is 10.8 Å². The first kappa shape index (κ1) is 28.4. The topological polar surface area (TPSA) is 3.24 Å². The molecule has 10 rings (SSSR count). The van der Waals surface area contributed by atoms with Gasteiger partial charge in [-0.3, -0.25) is 0 Å². The van der Waals surface area contributed by atoms with Crippen molar-refractivity contribution in [2.75, 3.05) is 4.90 Å². The van der Waals surface area contributed by atoms with Crippen molar-refractivity contribution >= 4 is 49.4 Å². The number of benzene rings is 8. The molecule has 234 valence electrons. The monoisotopic (exact) mass is 627 g/mol. The van der Waals surface area contributed by atoms with E-state index in [1.54, 1.807) is 0 Å². The quantitative estimate of drug-likeness (QED) is 0.176. The Morgan fingerprint density at radius 1 is 0.367 bits per heavy atom. The molecule has 1 heteroatoms. The molecule has 0 aliphatic heterocycles. The van der Waals surface area contributed by atoms with Crippen molar-refractivity contribution in [3.8, 4) is 22.3 Å². The number of nitrogens with zero attached hydrogens (tertiary/aromatic N) is 1. The fourth-order valence-electron chi connectivity index (χ4n) is 9.13. The third kappa shape index (κ3) is 3.88. The molecule has 0 atom stereocenters. The van der Waals surface area contributed by atoms with E-state index in [1.807, 2.05) is 0 Å². The van der Waals surface area contributed by atoms with Crippen molar-refractivity contribution in [2.45, 2.75) is 38.5 Å². The zero-order chi connectivity index (χ0) is 33.1. The fraction of sp³-hybridized carbons (Fsp3) is 0.125. The Bertz CT molecular complexity index is 2570. The predicted molar refractivity (Wildman–Crippen MR) is 209 cm³/mol. The maximum Gasteiger partial charge on any atom is 0.0546 e. The van der Waals surface area contributed by atoms with E-state index >= 15 is 0 Å². The zero-order valence-electron chi connectivity index (χ0n) is 28.4. The van der Waals surface area contributed by atoms with Crippen molar-refractivity contribution in [1.29, 1.82) is 0 Å². The second kappa shape index (κ2) is 9.94. The minimum atomic E-state index is -0.0977. The van der Waals surface area contributed by atoms with E-state index in [2.05, 4.69) is 184 Å². The standard InChI is InChI=1S/C48H37N/c1-47(2)41-17-9-7-15-36(41)38-26-22-32(28-43(38)47)49(33-23-27-39-37-16-8-10-18-42(37)48(3,4)44(39)29-33)45-19-11-13-31-21-24-35-34-14-6-5-12-30(34)20-25-40(35)46(31)45/h5-29H,1-4H3. The molecule has 0 bridgehead atoms. The van der Waals surface area contributed by atoms with Gasteiger partial charge in [0.15, 0.2) is 0 Å². The maximum absolute atomic E-state index is 2.52. The van der Waals surface area contributed by atoms with Crippen LogP contribution in [0.5, 0.6) is 0 Å². The Morgan fingerprint density at radius 2 is 0.878 bits per heavy atom. The highest BCUT2D eigenvalue weighted by Gasteiger charge is 2.37. The highest BCUT2D eigenvalue weighted by molar-refractivity contribution is 6.21. The molecule has 0 saturated carbocycles. The highest BCUT2D eigenvalue weighted by Crippen LogP contribution is 2.53. The molecule has 0 radical (unpaired) electrons. The van der Waals surface area contributed by atoms with Gasteiger partial charge in [-0.05, 0) is 102 Å². The minimum Gasteiger partial charge on any atom is -0.310 e. The molecule has 0 saturated heterocycles. The summed E-state index contributed by atoms with van der Waals surface area (Å²) in [5, 5.41) is 7.64. The Labute approximate surface area is 288 Å². The molecule has 0 spiro atoms. The lowest BCUT2D eigenvalue weighted by Crippen LogP contribution is -2.18. The molecular formula is C48H37N. The molecule has 0 heterocycles. The van der Waals surface area contributed by atoms with Crippen molar-refractivity contribution in [2.24, 2.45) is 0 Å². The summed E-state index contributed by atoms with van der Waals surface area (Å²) < 4.78 is 0. The van der Waals surface area contributed by atoms with Crippen LogP contribution in [0.2, 0.25) is 0 Å². The van der Waals surface area contributed by atoms with Crippen LogP contribution >= 0.6 is 0 Å². The average molecular weight is 628 g/mol. The van der Waals surface area contributed by atoms with E-state index in [0.717, 1.165) is 0 Å². The van der Waals surface area contributed by atoms with E-state index in [4.69, 9.17) is 0 Å². The van der Waals surface area contributed by atoms with E-state index < -0.39 is 0 Å². The average Bonchev–Trinajstić information content (AvgIpc) is 3.50. The summed E-state index contributed by atoms with van der Waals surface area (Å²) in [5.41, 5.74) is 14.3. The lowest BCUT2D eigenvalue weighted by molar-refractivity contribution is 0.660. The smallest absolute Gasteiger partial charge is 0.0546 e. The van der Waals surface area contributed by atoms with Gasteiger partial charge in [0, 0.05) is 27.6 Å². The summed E-state index contributed by atoms with van der Waals surface area (Å²) in [6.07, 6.45) is 0. The lowest BCUT2D eigenvalue weighted by atomic mass is 9.82. The summed E-state index contributed by atoms with van der Waals surface area (Å²) in [6, 6.07) is 56.9. The Kier molecular flexibility index (Phi) is 5.75. The molecule has 0 N–H and O–H groups in total. The second-order valence-corrected chi connectivity index (χ2v) is 15.0. The van der Waals surface area contributed by atoms with Crippen LogP contribution < -0.4 is 4.90 Å². The number of hydrogen-bond acceptors (Lipinski definition) is 1. The van der Waals surface area contributed by atoms with Gasteiger partial charge in [-0.15, -0.1) is 0 Å².